The Labute approximate surface area is 274 Å². The minimum absolute atomic E-state index is 0.00172. The van der Waals surface area contributed by atoms with Crippen molar-refractivity contribution in [1.82, 2.24) is 0 Å². The molecular formula is C40H72O4. The molecule has 0 aliphatic heterocycles. The first-order chi connectivity index (χ1) is 21.9. The van der Waals surface area contributed by atoms with E-state index in [9.17, 15) is 0 Å². The second-order valence-corrected chi connectivity index (χ2v) is 12.7. The molecule has 0 spiro atoms. The van der Waals surface area contributed by atoms with Crippen molar-refractivity contribution in [2.24, 2.45) is 0 Å². The van der Waals surface area contributed by atoms with E-state index < -0.39 is 0 Å². The lowest BCUT2D eigenvalue weighted by atomic mass is 10.1. The lowest BCUT2D eigenvalue weighted by Crippen LogP contribution is -2.19. The fourth-order valence-corrected chi connectivity index (χ4v) is 5.53. The van der Waals surface area contributed by atoms with E-state index in [-0.39, 0.29) is 6.29 Å². The quantitative estimate of drug-likeness (QED) is 0.0432. The Balaban J connectivity index is 2.03. The summed E-state index contributed by atoms with van der Waals surface area (Å²) in [4.78, 5) is 0. The molecule has 4 nitrogen and oxygen atoms in total. The van der Waals surface area contributed by atoms with Crippen LogP contribution in [0.15, 0.2) is 42.7 Å². The summed E-state index contributed by atoms with van der Waals surface area (Å²) in [7, 11) is 0. The number of unbranched alkanes of at least 4 members (excludes halogenated alkanes) is 21. The molecule has 0 saturated carbocycles. The van der Waals surface area contributed by atoms with E-state index in [1.807, 2.05) is 18.2 Å². The zero-order valence-corrected chi connectivity index (χ0v) is 29.3. The maximum Gasteiger partial charge on any atom is 0.188 e. The van der Waals surface area contributed by atoms with E-state index in [0.29, 0.717) is 13.4 Å². The van der Waals surface area contributed by atoms with Gasteiger partial charge in [0.25, 0.3) is 0 Å². The van der Waals surface area contributed by atoms with E-state index in [0.717, 1.165) is 26.1 Å². The Bertz CT molecular complexity index is 670. The molecule has 0 unspecified atom stereocenters. The van der Waals surface area contributed by atoms with E-state index in [2.05, 4.69) is 32.1 Å². The first-order valence-electron chi connectivity index (χ1n) is 19.0. The summed E-state index contributed by atoms with van der Waals surface area (Å²) in [6, 6.07) is 10.2. The van der Waals surface area contributed by atoms with Crippen LogP contribution < -0.4 is 0 Å². The number of benzene rings is 1. The number of ether oxygens (including phenoxy) is 4. The van der Waals surface area contributed by atoms with Gasteiger partial charge in [-0.15, -0.1) is 0 Å². The number of hydrogen-bond donors (Lipinski definition) is 0. The van der Waals surface area contributed by atoms with Crippen molar-refractivity contribution < 1.29 is 18.9 Å². The lowest BCUT2D eigenvalue weighted by molar-refractivity contribution is -0.148. The molecular weight excluding hydrogens is 544 g/mol. The van der Waals surface area contributed by atoms with Gasteiger partial charge in [-0.25, -0.2) is 0 Å². The second kappa shape index (κ2) is 34.5. The van der Waals surface area contributed by atoms with Crippen LogP contribution >= 0.6 is 0 Å². The molecule has 44 heavy (non-hydrogen) atoms. The highest BCUT2D eigenvalue weighted by Crippen LogP contribution is 2.15. The Morgan fingerprint density at radius 3 is 1.57 bits per heavy atom. The molecule has 0 fully saturated rings. The van der Waals surface area contributed by atoms with Crippen molar-refractivity contribution in [3.63, 3.8) is 0 Å². The van der Waals surface area contributed by atoms with Crippen LogP contribution in [-0.2, 0) is 25.6 Å². The highest BCUT2D eigenvalue weighted by molar-refractivity contribution is 5.13. The monoisotopic (exact) mass is 617 g/mol. The molecule has 0 amide bonds. The van der Waals surface area contributed by atoms with Crippen LogP contribution in [0.25, 0.3) is 0 Å². The Kier molecular flexibility index (Phi) is 31.9. The summed E-state index contributed by atoms with van der Waals surface area (Å²) >= 11 is 0. The third-order valence-electron chi connectivity index (χ3n) is 8.37. The molecule has 0 aliphatic carbocycles. The molecule has 1 aromatic carbocycles. The van der Waals surface area contributed by atoms with Gasteiger partial charge in [0.2, 0.25) is 0 Å². The predicted molar refractivity (Wildman–Crippen MR) is 189 cm³/mol. The zero-order valence-electron chi connectivity index (χ0n) is 29.3. The summed E-state index contributed by atoms with van der Waals surface area (Å²) in [6.45, 7) is 7.19. The molecule has 0 bridgehead atoms. The average Bonchev–Trinajstić information content (AvgIpc) is 3.05. The lowest BCUT2D eigenvalue weighted by Gasteiger charge is -2.19. The molecule has 0 heterocycles. The van der Waals surface area contributed by atoms with Crippen LogP contribution in [0.5, 0.6) is 0 Å². The molecule has 1 aromatic rings. The molecule has 4 heteroatoms. The summed E-state index contributed by atoms with van der Waals surface area (Å²) in [6.07, 6.45) is 36.5. The molecule has 0 radical (unpaired) electrons. The van der Waals surface area contributed by atoms with Crippen molar-refractivity contribution in [3.05, 3.63) is 48.2 Å². The molecule has 0 aromatic heterocycles. The summed E-state index contributed by atoms with van der Waals surface area (Å²) < 4.78 is 23.5. The summed E-state index contributed by atoms with van der Waals surface area (Å²) in [5.41, 5.74) is 1.17. The number of allylic oxidation sites excluding steroid dienone is 1. The highest BCUT2D eigenvalue weighted by atomic mass is 16.7. The largest absolute Gasteiger partial charge is 0.475 e. The minimum atomic E-state index is 0.00172. The molecule has 0 saturated heterocycles. The molecule has 0 atom stereocenters. The van der Waals surface area contributed by atoms with Gasteiger partial charge in [0.1, 0.15) is 0 Å². The van der Waals surface area contributed by atoms with E-state index in [4.69, 9.17) is 18.9 Å². The fourth-order valence-electron chi connectivity index (χ4n) is 5.53. The maximum atomic E-state index is 6.25. The smallest absolute Gasteiger partial charge is 0.188 e. The van der Waals surface area contributed by atoms with E-state index >= 15 is 0 Å². The van der Waals surface area contributed by atoms with Crippen LogP contribution in [-0.4, -0.2) is 26.3 Å². The van der Waals surface area contributed by atoms with Gasteiger partial charge in [0.15, 0.2) is 13.1 Å². The van der Waals surface area contributed by atoms with Gasteiger partial charge < -0.3 is 18.9 Å². The fraction of sp³-hybridized carbons (Fsp3) is 0.800. The third kappa shape index (κ3) is 29.4. The molecule has 256 valence electrons. The van der Waals surface area contributed by atoms with E-state index in [1.165, 1.54) is 153 Å². The van der Waals surface area contributed by atoms with Crippen LogP contribution in [0.4, 0.5) is 0 Å². The van der Waals surface area contributed by atoms with Crippen molar-refractivity contribution in [2.45, 2.75) is 187 Å². The Morgan fingerprint density at radius 2 is 1.02 bits per heavy atom. The van der Waals surface area contributed by atoms with Crippen LogP contribution in [0.2, 0.25) is 0 Å². The summed E-state index contributed by atoms with van der Waals surface area (Å²) in [5, 5.41) is 0. The van der Waals surface area contributed by atoms with Gasteiger partial charge in [-0.1, -0.05) is 166 Å². The second-order valence-electron chi connectivity index (χ2n) is 12.7. The third-order valence-corrected chi connectivity index (χ3v) is 8.37. The topological polar surface area (TPSA) is 36.9 Å². The average molecular weight is 617 g/mol. The van der Waals surface area contributed by atoms with Gasteiger partial charge in [-0.2, -0.15) is 0 Å². The first-order valence-corrected chi connectivity index (χ1v) is 19.0. The molecule has 1 rings (SSSR count). The molecule has 0 N–H and O–H groups in total. The maximum absolute atomic E-state index is 6.25. The summed E-state index contributed by atoms with van der Waals surface area (Å²) in [5.74, 6) is 0. The van der Waals surface area contributed by atoms with Crippen LogP contribution in [0.1, 0.15) is 180 Å². The standard InChI is InChI=1S/C40H72O4/c1-3-5-7-9-11-18-22-29-35-43-40(44-36-30-23-19-12-10-8-6-4-2)33-27-20-16-14-13-15-17-21-28-34-41-38-42-37-39-31-25-24-26-32-39/h24-26,28,31-32,34,40H,3-23,27,29-30,33,35-38H2,1-2H3. The Morgan fingerprint density at radius 1 is 0.545 bits per heavy atom. The van der Waals surface area contributed by atoms with Crippen molar-refractivity contribution in [2.75, 3.05) is 20.0 Å². The Hall–Kier alpha value is -1.36. The normalized spacial score (nSPS) is 11.7. The van der Waals surface area contributed by atoms with Crippen molar-refractivity contribution >= 4 is 0 Å². The van der Waals surface area contributed by atoms with Crippen molar-refractivity contribution in [1.29, 1.82) is 0 Å². The zero-order chi connectivity index (χ0) is 31.4. The van der Waals surface area contributed by atoms with Gasteiger partial charge in [-0.3, -0.25) is 0 Å². The van der Waals surface area contributed by atoms with Gasteiger partial charge in [-0.05, 0) is 50.2 Å². The van der Waals surface area contributed by atoms with Crippen LogP contribution in [0.3, 0.4) is 0 Å². The number of hydrogen-bond acceptors (Lipinski definition) is 4. The number of rotatable bonds is 35. The highest BCUT2D eigenvalue weighted by Gasteiger charge is 2.09. The first kappa shape index (κ1) is 40.7. The van der Waals surface area contributed by atoms with Gasteiger partial charge in [0.05, 0.1) is 12.9 Å². The SMILES string of the molecule is CCCCCCCCCCOC(CCCCCCCCCC=COCOCc1ccccc1)OCCCCCCCCCC. The minimum Gasteiger partial charge on any atom is -0.475 e. The predicted octanol–water partition coefficient (Wildman–Crippen LogP) is 12.8. The van der Waals surface area contributed by atoms with E-state index in [1.54, 1.807) is 6.26 Å². The van der Waals surface area contributed by atoms with Crippen LogP contribution in [0, 0.1) is 0 Å². The van der Waals surface area contributed by atoms with Gasteiger partial charge in [0, 0.05) is 13.2 Å². The molecule has 0 aliphatic rings. The van der Waals surface area contributed by atoms with Gasteiger partial charge >= 0.3 is 0 Å². The van der Waals surface area contributed by atoms with Crippen molar-refractivity contribution in [3.8, 4) is 0 Å².